The van der Waals surface area contributed by atoms with Gasteiger partial charge in [0, 0.05) is 42.8 Å². The summed E-state index contributed by atoms with van der Waals surface area (Å²) < 4.78 is 43.7. The molecule has 1 aliphatic carbocycles. The lowest BCUT2D eigenvalue weighted by atomic mass is 9.84. The lowest BCUT2D eigenvalue weighted by Gasteiger charge is -2.30. The lowest BCUT2D eigenvalue weighted by Crippen LogP contribution is -2.38. The van der Waals surface area contributed by atoms with Gasteiger partial charge >= 0.3 is 6.18 Å². The number of halogens is 3. The largest absolute Gasteiger partial charge is 0.460 e. The molecule has 36 heavy (non-hydrogen) atoms. The number of hydrogen-bond acceptors (Lipinski definition) is 6. The molecule has 1 fully saturated rings. The fraction of sp³-hybridized carbons (Fsp3) is 0.560. The summed E-state index contributed by atoms with van der Waals surface area (Å²) in [6.45, 7) is 1.47. The predicted molar refractivity (Wildman–Crippen MR) is 131 cm³/mol. The van der Waals surface area contributed by atoms with Crippen molar-refractivity contribution in [1.29, 1.82) is 0 Å². The molecule has 11 heteroatoms. The number of nitrogens with zero attached hydrogens (tertiary/aromatic N) is 4. The molecular weight excluding hydrogens is 491 g/mol. The SMILES string of the molecule is O=C(NC1CCC(CCN2CCc3nc(OCC(F)(F)F)sc3CC2)CC1)c1ccn2ncccc12. The number of fused-ring (bicyclic) bond motifs is 2. The summed E-state index contributed by atoms with van der Waals surface area (Å²) in [6, 6.07) is 5.75. The van der Waals surface area contributed by atoms with Crippen molar-refractivity contribution < 1.29 is 22.7 Å². The Balaban J connectivity index is 1.03. The maximum atomic E-state index is 12.8. The molecule has 0 atom stereocenters. The van der Waals surface area contributed by atoms with Crippen molar-refractivity contribution in [3.05, 3.63) is 46.7 Å². The quantitative estimate of drug-likeness (QED) is 0.495. The molecule has 7 nitrogen and oxygen atoms in total. The van der Waals surface area contributed by atoms with Crippen LogP contribution in [0.15, 0.2) is 30.6 Å². The summed E-state index contributed by atoms with van der Waals surface area (Å²) in [6.07, 6.45) is 6.00. The first-order chi connectivity index (χ1) is 17.3. The molecule has 0 spiro atoms. The molecule has 0 bridgehead atoms. The highest BCUT2D eigenvalue weighted by Crippen LogP contribution is 2.31. The van der Waals surface area contributed by atoms with Gasteiger partial charge < -0.3 is 15.0 Å². The minimum absolute atomic E-state index is 0.0356. The molecule has 2 aliphatic rings. The average Bonchev–Trinajstić information content (AvgIpc) is 3.42. The lowest BCUT2D eigenvalue weighted by molar-refractivity contribution is -0.153. The minimum atomic E-state index is -4.35. The summed E-state index contributed by atoms with van der Waals surface area (Å²) in [4.78, 5) is 20.6. The Morgan fingerprint density at radius 3 is 2.78 bits per heavy atom. The Hall–Kier alpha value is -2.66. The first kappa shape index (κ1) is 25.0. The molecule has 5 rings (SSSR count). The number of rotatable bonds is 7. The van der Waals surface area contributed by atoms with Gasteiger partial charge in [0.2, 0.25) is 0 Å². The van der Waals surface area contributed by atoms with Gasteiger partial charge in [0.15, 0.2) is 6.61 Å². The van der Waals surface area contributed by atoms with E-state index in [1.54, 1.807) is 16.9 Å². The van der Waals surface area contributed by atoms with E-state index in [1.165, 1.54) is 11.3 Å². The van der Waals surface area contributed by atoms with E-state index in [2.05, 4.69) is 20.3 Å². The molecule has 0 aromatic carbocycles. The standard InChI is InChI=1S/C25H30F3N5O2S/c26-25(27,28)16-35-24-31-20-9-13-32(14-10-22(20)36-24)12-7-17-3-5-18(6-4-17)30-23(34)19-8-15-33-21(19)2-1-11-29-33/h1-2,8,11,15,17-18H,3-7,9-10,12-14,16H2,(H,30,34). The second-order valence-electron chi connectivity index (χ2n) is 9.66. The van der Waals surface area contributed by atoms with Crippen LogP contribution >= 0.6 is 11.3 Å². The van der Waals surface area contributed by atoms with Gasteiger partial charge in [-0.1, -0.05) is 11.3 Å². The van der Waals surface area contributed by atoms with Gasteiger partial charge in [0.1, 0.15) is 0 Å². The number of alkyl halides is 3. The molecule has 1 saturated carbocycles. The maximum absolute atomic E-state index is 12.8. The third-order valence-corrected chi connectivity index (χ3v) is 8.22. The van der Waals surface area contributed by atoms with Crippen LogP contribution in [0.25, 0.3) is 5.52 Å². The third kappa shape index (κ3) is 6.18. The molecule has 3 aromatic rings. The van der Waals surface area contributed by atoms with Crippen molar-refractivity contribution in [3.63, 3.8) is 0 Å². The highest BCUT2D eigenvalue weighted by Gasteiger charge is 2.30. The molecule has 4 heterocycles. The molecule has 1 aliphatic heterocycles. The Morgan fingerprint density at radius 2 is 1.97 bits per heavy atom. The van der Waals surface area contributed by atoms with Gasteiger partial charge in [0.05, 0.1) is 16.8 Å². The van der Waals surface area contributed by atoms with E-state index < -0.39 is 12.8 Å². The van der Waals surface area contributed by atoms with Gasteiger partial charge in [-0.2, -0.15) is 18.3 Å². The third-order valence-electron chi connectivity index (χ3n) is 7.15. The molecule has 3 aromatic heterocycles. The summed E-state index contributed by atoms with van der Waals surface area (Å²) in [5.41, 5.74) is 2.35. The van der Waals surface area contributed by atoms with Crippen LogP contribution in [-0.4, -0.2) is 63.9 Å². The highest BCUT2D eigenvalue weighted by atomic mass is 32.1. The normalized spacial score (nSPS) is 21.2. The first-order valence-corrected chi connectivity index (χ1v) is 13.3. The van der Waals surface area contributed by atoms with Crippen LogP contribution in [0.2, 0.25) is 0 Å². The Morgan fingerprint density at radius 1 is 1.17 bits per heavy atom. The summed E-state index contributed by atoms with van der Waals surface area (Å²) >= 11 is 1.24. The highest BCUT2D eigenvalue weighted by molar-refractivity contribution is 7.13. The number of nitrogens with one attached hydrogen (secondary N) is 1. The summed E-state index contributed by atoms with van der Waals surface area (Å²) in [5, 5.41) is 7.55. The zero-order valence-electron chi connectivity index (χ0n) is 20.0. The van der Waals surface area contributed by atoms with Crippen LogP contribution in [0.5, 0.6) is 5.19 Å². The van der Waals surface area contributed by atoms with Crippen molar-refractivity contribution in [2.75, 3.05) is 26.2 Å². The van der Waals surface area contributed by atoms with E-state index in [0.29, 0.717) is 11.5 Å². The molecule has 0 unspecified atom stereocenters. The van der Waals surface area contributed by atoms with Crippen LogP contribution < -0.4 is 10.1 Å². The number of thiazole rings is 1. The minimum Gasteiger partial charge on any atom is -0.460 e. The van der Waals surface area contributed by atoms with E-state index in [9.17, 15) is 18.0 Å². The van der Waals surface area contributed by atoms with Crippen molar-refractivity contribution in [1.82, 2.24) is 24.8 Å². The van der Waals surface area contributed by atoms with Gasteiger partial charge in [0.25, 0.3) is 11.1 Å². The smallest absolute Gasteiger partial charge is 0.422 e. The average molecular weight is 522 g/mol. The Kier molecular flexibility index (Phi) is 7.47. The molecule has 0 saturated heterocycles. The summed E-state index contributed by atoms with van der Waals surface area (Å²) in [5.74, 6) is 0.613. The number of ether oxygens (including phenoxy) is 1. The van der Waals surface area contributed by atoms with Gasteiger partial charge in [-0.25, -0.2) is 9.50 Å². The Labute approximate surface area is 211 Å². The van der Waals surface area contributed by atoms with Crippen LogP contribution in [0.4, 0.5) is 13.2 Å². The van der Waals surface area contributed by atoms with E-state index in [-0.39, 0.29) is 17.1 Å². The van der Waals surface area contributed by atoms with Crippen molar-refractivity contribution >= 4 is 22.8 Å². The van der Waals surface area contributed by atoms with Gasteiger partial charge in [-0.3, -0.25) is 4.79 Å². The zero-order chi connectivity index (χ0) is 25.1. The molecule has 0 radical (unpaired) electrons. The number of carbonyl (C=O) groups excluding carboxylic acids is 1. The number of hydrogen-bond donors (Lipinski definition) is 1. The monoisotopic (exact) mass is 521 g/mol. The van der Waals surface area contributed by atoms with Crippen LogP contribution in [-0.2, 0) is 12.8 Å². The predicted octanol–water partition coefficient (Wildman–Crippen LogP) is 4.51. The van der Waals surface area contributed by atoms with Crippen LogP contribution in [0.1, 0.15) is 53.0 Å². The zero-order valence-corrected chi connectivity index (χ0v) is 20.8. The molecule has 1 N–H and O–H groups in total. The fourth-order valence-corrected chi connectivity index (χ4v) is 6.12. The van der Waals surface area contributed by atoms with E-state index in [4.69, 9.17) is 4.74 Å². The van der Waals surface area contributed by atoms with Crippen molar-refractivity contribution in [2.45, 2.75) is 57.2 Å². The molecule has 194 valence electrons. The first-order valence-electron chi connectivity index (χ1n) is 12.5. The Bertz CT molecular complexity index is 1160. The molecular formula is C25H30F3N5O2S. The summed E-state index contributed by atoms with van der Waals surface area (Å²) in [7, 11) is 0. The number of carbonyl (C=O) groups is 1. The van der Waals surface area contributed by atoms with Crippen molar-refractivity contribution in [2.24, 2.45) is 5.92 Å². The van der Waals surface area contributed by atoms with E-state index in [1.807, 2.05) is 18.2 Å². The van der Waals surface area contributed by atoms with Crippen molar-refractivity contribution in [3.8, 4) is 5.19 Å². The second-order valence-corrected chi connectivity index (χ2v) is 10.7. The van der Waals surface area contributed by atoms with E-state index >= 15 is 0 Å². The number of amides is 1. The number of aromatic nitrogens is 3. The maximum Gasteiger partial charge on any atom is 0.422 e. The van der Waals surface area contributed by atoms with Gasteiger partial charge in [-0.05, 0) is 69.2 Å². The van der Waals surface area contributed by atoms with E-state index in [0.717, 1.165) is 80.7 Å². The topological polar surface area (TPSA) is 71.8 Å². The second kappa shape index (κ2) is 10.8. The van der Waals surface area contributed by atoms with Gasteiger partial charge in [-0.15, -0.1) is 0 Å². The van der Waals surface area contributed by atoms with Crippen LogP contribution in [0.3, 0.4) is 0 Å². The fourth-order valence-electron chi connectivity index (χ4n) is 5.18. The molecule has 1 amide bonds. The van der Waals surface area contributed by atoms with Crippen LogP contribution in [0, 0.1) is 5.92 Å².